The number of thioether (sulfide) groups is 1. The lowest BCUT2D eigenvalue weighted by molar-refractivity contribution is 0.628. The number of anilines is 3. The summed E-state index contributed by atoms with van der Waals surface area (Å²) in [7, 11) is 0. The van der Waals surface area contributed by atoms with Gasteiger partial charge in [0.15, 0.2) is 5.16 Å². The van der Waals surface area contributed by atoms with Crippen LogP contribution in [-0.4, -0.2) is 24.5 Å². The van der Waals surface area contributed by atoms with E-state index in [1.807, 2.05) is 18.4 Å². The largest absolute Gasteiger partial charge is 0.368 e. The minimum atomic E-state index is -0.333. The average molecular weight is 430 g/mol. The van der Waals surface area contributed by atoms with E-state index in [9.17, 15) is 9.18 Å². The molecule has 0 aliphatic heterocycles. The maximum Gasteiger partial charge on any atom is 0.272 e. The number of thiophene rings is 1. The number of hydrogen-bond acceptors (Lipinski definition) is 9. The molecule has 0 saturated heterocycles. The van der Waals surface area contributed by atoms with Gasteiger partial charge < -0.3 is 11.1 Å². The van der Waals surface area contributed by atoms with E-state index in [4.69, 9.17) is 5.73 Å². The van der Waals surface area contributed by atoms with E-state index in [2.05, 4.69) is 25.3 Å². The molecule has 0 fully saturated rings. The summed E-state index contributed by atoms with van der Waals surface area (Å²) in [5, 5.41) is 5.42. The molecule has 29 heavy (non-hydrogen) atoms. The van der Waals surface area contributed by atoms with Gasteiger partial charge in [0.25, 0.3) is 5.56 Å². The van der Waals surface area contributed by atoms with E-state index in [1.165, 1.54) is 35.2 Å². The highest BCUT2D eigenvalue weighted by Gasteiger charge is 2.13. The summed E-state index contributed by atoms with van der Waals surface area (Å²) < 4.78 is 15.3. The summed E-state index contributed by atoms with van der Waals surface area (Å²) in [6, 6.07) is 7.64. The Kier molecular flexibility index (Phi) is 5.41. The SMILES string of the molecule is CCn1c(SCc2nc(N)nc(Nc3ccc(F)cc3)n2)nc2ccsc2c1=O. The monoisotopic (exact) mass is 429 g/mol. The average Bonchev–Trinajstić information content (AvgIpc) is 3.17. The molecule has 11 heteroatoms. The molecule has 0 aliphatic carbocycles. The van der Waals surface area contributed by atoms with Crippen molar-refractivity contribution >= 4 is 50.9 Å². The molecule has 4 aromatic rings. The predicted molar refractivity (Wildman–Crippen MR) is 113 cm³/mol. The highest BCUT2D eigenvalue weighted by molar-refractivity contribution is 7.98. The third-order valence-electron chi connectivity index (χ3n) is 3.98. The molecule has 0 aliphatic rings. The third kappa shape index (κ3) is 4.20. The zero-order valence-corrected chi connectivity index (χ0v) is 16.9. The Morgan fingerprint density at radius 3 is 2.72 bits per heavy atom. The fourth-order valence-corrected chi connectivity index (χ4v) is 4.36. The molecular weight excluding hydrogens is 413 g/mol. The van der Waals surface area contributed by atoms with Gasteiger partial charge in [-0.1, -0.05) is 11.8 Å². The maximum atomic E-state index is 13.1. The van der Waals surface area contributed by atoms with Crippen molar-refractivity contribution in [3.63, 3.8) is 0 Å². The number of benzene rings is 1. The van der Waals surface area contributed by atoms with Crippen molar-refractivity contribution in [1.29, 1.82) is 0 Å². The van der Waals surface area contributed by atoms with E-state index < -0.39 is 0 Å². The van der Waals surface area contributed by atoms with Crippen LogP contribution in [0.1, 0.15) is 12.7 Å². The lowest BCUT2D eigenvalue weighted by Gasteiger charge is -2.10. The lowest BCUT2D eigenvalue weighted by Crippen LogP contribution is -2.21. The summed E-state index contributed by atoms with van der Waals surface area (Å²) in [6.45, 7) is 2.41. The lowest BCUT2D eigenvalue weighted by atomic mass is 10.3. The van der Waals surface area contributed by atoms with Gasteiger partial charge in [-0.25, -0.2) is 9.37 Å². The first-order valence-corrected chi connectivity index (χ1v) is 10.5. The number of hydrogen-bond donors (Lipinski definition) is 2. The number of nitrogens with zero attached hydrogens (tertiary/aromatic N) is 5. The Bertz CT molecular complexity index is 1220. The molecule has 0 radical (unpaired) electrons. The summed E-state index contributed by atoms with van der Waals surface area (Å²) in [5.74, 6) is 0.782. The minimum absolute atomic E-state index is 0.0520. The Hall–Kier alpha value is -3.05. The Balaban J connectivity index is 1.57. The van der Waals surface area contributed by atoms with Crippen LogP contribution >= 0.6 is 23.1 Å². The number of nitrogens with two attached hydrogens (primary N) is 1. The zero-order chi connectivity index (χ0) is 20.4. The van der Waals surface area contributed by atoms with E-state index in [1.54, 1.807) is 16.7 Å². The molecule has 3 N–H and O–H groups in total. The normalized spacial score (nSPS) is 11.1. The highest BCUT2D eigenvalue weighted by Crippen LogP contribution is 2.23. The fourth-order valence-electron chi connectivity index (χ4n) is 2.66. The topological polar surface area (TPSA) is 112 Å². The molecule has 8 nitrogen and oxygen atoms in total. The van der Waals surface area contributed by atoms with Crippen LogP contribution in [-0.2, 0) is 12.3 Å². The van der Waals surface area contributed by atoms with Crippen LogP contribution in [0.3, 0.4) is 0 Å². The molecule has 0 unspecified atom stereocenters. The van der Waals surface area contributed by atoms with Crippen LogP contribution < -0.4 is 16.6 Å². The third-order valence-corrected chi connectivity index (χ3v) is 5.84. The van der Waals surface area contributed by atoms with E-state index in [-0.39, 0.29) is 23.3 Å². The molecule has 0 amide bonds. The number of nitrogen functional groups attached to an aromatic ring is 1. The molecule has 0 saturated carbocycles. The van der Waals surface area contributed by atoms with Gasteiger partial charge in [-0.05, 0) is 42.6 Å². The Morgan fingerprint density at radius 1 is 1.17 bits per heavy atom. The molecule has 4 rings (SSSR count). The Morgan fingerprint density at radius 2 is 1.97 bits per heavy atom. The standard InChI is InChI=1S/C18H16FN7OS2/c1-2-26-15(27)14-12(7-8-28-14)22-18(26)29-9-13-23-16(20)25-17(24-13)21-11-5-3-10(19)4-6-11/h3-8H,2,9H2,1H3,(H3,20,21,23,24,25). The van der Waals surface area contributed by atoms with Crippen LogP contribution in [0.15, 0.2) is 45.7 Å². The molecule has 3 heterocycles. The highest BCUT2D eigenvalue weighted by atomic mass is 32.2. The van der Waals surface area contributed by atoms with Crippen molar-refractivity contribution in [1.82, 2.24) is 24.5 Å². The summed E-state index contributed by atoms with van der Waals surface area (Å²) in [6.07, 6.45) is 0. The number of nitrogens with one attached hydrogen (secondary N) is 1. The second-order valence-corrected chi connectivity index (χ2v) is 7.79. The number of aromatic nitrogens is 5. The zero-order valence-electron chi connectivity index (χ0n) is 15.3. The molecule has 0 atom stereocenters. The first kappa shape index (κ1) is 19.3. The number of fused-ring (bicyclic) bond motifs is 1. The molecule has 0 spiro atoms. The molecule has 1 aromatic carbocycles. The molecule has 0 bridgehead atoms. The summed E-state index contributed by atoms with van der Waals surface area (Å²) in [5.41, 5.74) is 7.06. The van der Waals surface area contributed by atoms with Gasteiger partial charge in [-0.2, -0.15) is 15.0 Å². The van der Waals surface area contributed by atoms with E-state index in [0.717, 1.165) is 0 Å². The van der Waals surface area contributed by atoms with Gasteiger partial charge in [-0.3, -0.25) is 9.36 Å². The van der Waals surface area contributed by atoms with Gasteiger partial charge in [0, 0.05) is 12.2 Å². The smallest absolute Gasteiger partial charge is 0.272 e. The molecule has 3 aromatic heterocycles. The number of rotatable bonds is 6. The van der Waals surface area contributed by atoms with E-state index >= 15 is 0 Å². The van der Waals surface area contributed by atoms with Crippen molar-refractivity contribution in [2.45, 2.75) is 24.4 Å². The van der Waals surface area contributed by atoms with Crippen LogP contribution in [0, 0.1) is 5.82 Å². The van der Waals surface area contributed by atoms with Crippen molar-refractivity contribution < 1.29 is 4.39 Å². The van der Waals surface area contributed by atoms with Crippen LogP contribution in [0.4, 0.5) is 22.0 Å². The van der Waals surface area contributed by atoms with Gasteiger partial charge >= 0.3 is 0 Å². The second-order valence-electron chi connectivity index (χ2n) is 5.93. The van der Waals surface area contributed by atoms with Crippen LogP contribution in [0.5, 0.6) is 0 Å². The molecular formula is C18H16FN7OS2. The first-order valence-electron chi connectivity index (χ1n) is 8.67. The fraction of sp³-hybridized carbons (Fsp3) is 0.167. The number of halogens is 1. The van der Waals surface area contributed by atoms with Crippen molar-refractivity contribution in [3.8, 4) is 0 Å². The summed E-state index contributed by atoms with van der Waals surface area (Å²) in [4.78, 5) is 29.8. The van der Waals surface area contributed by atoms with Gasteiger partial charge in [0.05, 0.1) is 11.3 Å². The minimum Gasteiger partial charge on any atom is -0.368 e. The predicted octanol–water partition coefficient (Wildman–Crippen LogP) is 3.42. The first-order chi connectivity index (χ1) is 14.0. The van der Waals surface area contributed by atoms with E-state index in [0.29, 0.717) is 39.2 Å². The second kappa shape index (κ2) is 8.13. The summed E-state index contributed by atoms with van der Waals surface area (Å²) >= 11 is 2.74. The van der Waals surface area contributed by atoms with Crippen molar-refractivity contribution in [2.75, 3.05) is 11.1 Å². The van der Waals surface area contributed by atoms with Crippen LogP contribution in [0.25, 0.3) is 10.2 Å². The molecule has 148 valence electrons. The van der Waals surface area contributed by atoms with Crippen LogP contribution in [0.2, 0.25) is 0 Å². The van der Waals surface area contributed by atoms with Crippen molar-refractivity contribution in [2.24, 2.45) is 0 Å². The van der Waals surface area contributed by atoms with Gasteiger partial charge in [-0.15, -0.1) is 11.3 Å². The maximum absolute atomic E-state index is 13.1. The quantitative estimate of drug-likeness (QED) is 0.354. The Labute approximate surface area is 173 Å². The van der Waals surface area contributed by atoms with Gasteiger partial charge in [0.1, 0.15) is 16.3 Å². The van der Waals surface area contributed by atoms with Gasteiger partial charge in [0.2, 0.25) is 11.9 Å². The van der Waals surface area contributed by atoms with Crippen molar-refractivity contribution in [3.05, 3.63) is 57.7 Å².